The largest absolute Gasteiger partial charge is 0.244 e. The SMILES string of the molecule is CCN(C1CCCC1)S(=O)(=O)c1ccc(CCl)cc1Br. The van der Waals surface area contributed by atoms with Crippen LogP contribution in [0.5, 0.6) is 0 Å². The maximum atomic E-state index is 12.8. The van der Waals surface area contributed by atoms with Gasteiger partial charge in [-0.05, 0) is 46.5 Å². The fraction of sp³-hybridized carbons (Fsp3) is 0.571. The summed E-state index contributed by atoms with van der Waals surface area (Å²) in [7, 11) is -3.45. The summed E-state index contributed by atoms with van der Waals surface area (Å²) in [6, 6.07) is 5.34. The van der Waals surface area contributed by atoms with Gasteiger partial charge in [-0.3, -0.25) is 0 Å². The predicted octanol–water partition coefficient (Wildman–Crippen LogP) is 4.14. The zero-order valence-electron chi connectivity index (χ0n) is 11.5. The molecule has 0 spiro atoms. The first-order valence-corrected chi connectivity index (χ1v) is 9.63. The van der Waals surface area contributed by atoms with Gasteiger partial charge in [-0.15, -0.1) is 11.6 Å². The van der Waals surface area contributed by atoms with Crippen LogP contribution in [0.15, 0.2) is 27.6 Å². The molecule has 0 bridgehead atoms. The van der Waals surface area contributed by atoms with Crippen LogP contribution >= 0.6 is 27.5 Å². The van der Waals surface area contributed by atoms with E-state index in [1.54, 1.807) is 22.5 Å². The minimum atomic E-state index is -3.45. The number of hydrogen-bond acceptors (Lipinski definition) is 2. The summed E-state index contributed by atoms with van der Waals surface area (Å²) in [6.45, 7) is 2.41. The highest BCUT2D eigenvalue weighted by atomic mass is 79.9. The van der Waals surface area contributed by atoms with Gasteiger partial charge in [0.1, 0.15) is 0 Å². The smallest absolute Gasteiger partial charge is 0.207 e. The molecule has 1 aliphatic carbocycles. The van der Waals surface area contributed by atoms with E-state index in [1.165, 1.54) is 0 Å². The minimum absolute atomic E-state index is 0.143. The van der Waals surface area contributed by atoms with Gasteiger partial charge in [0, 0.05) is 22.9 Å². The van der Waals surface area contributed by atoms with E-state index >= 15 is 0 Å². The Morgan fingerprint density at radius 1 is 1.35 bits per heavy atom. The second-order valence-corrected chi connectivity index (χ2v) is 8.03. The Hall–Kier alpha value is -0.100. The van der Waals surface area contributed by atoms with Crippen molar-refractivity contribution in [2.45, 2.75) is 49.4 Å². The average Bonchev–Trinajstić information content (AvgIpc) is 2.92. The summed E-state index contributed by atoms with van der Waals surface area (Å²) in [5, 5.41) is 0. The van der Waals surface area contributed by atoms with Gasteiger partial charge in [-0.1, -0.05) is 25.8 Å². The summed E-state index contributed by atoms with van der Waals surface area (Å²) in [6.07, 6.45) is 4.15. The molecule has 1 saturated carbocycles. The Kier molecular flexibility index (Phi) is 5.51. The third kappa shape index (κ3) is 3.21. The Morgan fingerprint density at radius 3 is 2.50 bits per heavy atom. The molecule has 1 aliphatic rings. The van der Waals surface area contributed by atoms with E-state index < -0.39 is 10.0 Å². The van der Waals surface area contributed by atoms with E-state index in [1.807, 2.05) is 6.92 Å². The van der Waals surface area contributed by atoms with E-state index in [9.17, 15) is 8.42 Å². The van der Waals surface area contributed by atoms with Crippen molar-refractivity contribution in [2.75, 3.05) is 6.54 Å². The summed E-state index contributed by atoms with van der Waals surface area (Å²) in [5.74, 6) is 0.374. The van der Waals surface area contributed by atoms with Gasteiger partial charge in [0.15, 0.2) is 0 Å². The van der Waals surface area contributed by atoms with Gasteiger partial charge >= 0.3 is 0 Å². The number of benzene rings is 1. The lowest BCUT2D eigenvalue weighted by Crippen LogP contribution is -2.38. The predicted molar refractivity (Wildman–Crippen MR) is 85.5 cm³/mol. The highest BCUT2D eigenvalue weighted by Crippen LogP contribution is 2.32. The van der Waals surface area contributed by atoms with Crippen molar-refractivity contribution in [1.29, 1.82) is 0 Å². The summed E-state index contributed by atoms with van der Waals surface area (Å²) >= 11 is 9.14. The van der Waals surface area contributed by atoms with Gasteiger partial charge < -0.3 is 0 Å². The minimum Gasteiger partial charge on any atom is -0.207 e. The molecule has 1 fully saturated rings. The second kappa shape index (κ2) is 6.77. The van der Waals surface area contributed by atoms with Crippen LogP contribution in [0.2, 0.25) is 0 Å². The zero-order chi connectivity index (χ0) is 14.8. The number of halogens is 2. The lowest BCUT2D eigenvalue weighted by molar-refractivity contribution is 0.335. The van der Waals surface area contributed by atoms with Crippen LogP contribution in [-0.4, -0.2) is 25.3 Å². The van der Waals surface area contributed by atoms with Gasteiger partial charge in [0.05, 0.1) is 4.90 Å². The molecule has 2 rings (SSSR count). The van der Waals surface area contributed by atoms with E-state index in [2.05, 4.69) is 15.9 Å². The van der Waals surface area contributed by atoms with Crippen molar-refractivity contribution in [1.82, 2.24) is 4.31 Å². The molecule has 0 N–H and O–H groups in total. The van der Waals surface area contributed by atoms with Crippen LogP contribution in [0.3, 0.4) is 0 Å². The van der Waals surface area contributed by atoms with Crippen molar-refractivity contribution in [2.24, 2.45) is 0 Å². The van der Waals surface area contributed by atoms with Crippen molar-refractivity contribution in [3.63, 3.8) is 0 Å². The normalized spacial score (nSPS) is 17.0. The molecule has 0 heterocycles. The maximum Gasteiger partial charge on any atom is 0.244 e. The maximum absolute atomic E-state index is 12.8. The Bertz CT molecular complexity index is 571. The Morgan fingerprint density at radius 2 is 2.00 bits per heavy atom. The molecule has 3 nitrogen and oxygen atoms in total. The highest BCUT2D eigenvalue weighted by Gasteiger charge is 2.33. The molecular formula is C14H19BrClNO2S. The topological polar surface area (TPSA) is 37.4 Å². The van der Waals surface area contributed by atoms with Gasteiger partial charge in [-0.2, -0.15) is 4.31 Å². The molecule has 0 aromatic heterocycles. The third-order valence-electron chi connectivity index (χ3n) is 3.78. The fourth-order valence-corrected chi connectivity index (χ4v) is 5.73. The monoisotopic (exact) mass is 379 g/mol. The first kappa shape index (κ1) is 16.3. The first-order valence-electron chi connectivity index (χ1n) is 6.87. The quantitative estimate of drug-likeness (QED) is 0.720. The summed E-state index contributed by atoms with van der Waals surface area (Å²) in [4.78, 5) is 0.333. The van der Waals surface area contributed by atoms with Crippen molar-refractivity contribution < 1.29 is 8.42 Å². The molecule has 0 atom stereocenters. The molecule has 1 aromatic rings. The number of sulfonamides is 1. The lowest BCUT2D eigenvalue weighted by atomic mass is 10.2. The summed E-state index contributed by atoms with van der Waals surface area (Å²) in [5.41, 5.74) is 0.904. The Balaban J connectivity index is 2.37. The van der Waals surface area contributed by atoms with Crippen molar-refractivity contribution in [3.8, 4) is 0 Å². The van der Waals surface area contributed by atoms with E-state index in [0.29, 0.717) is 21.8 Å². The van der Waals surface area contributed by atoms with Crippen LogP contribution in [0.1, 0.15) is 38.2 Å². The number of hydrogen-bond donors (Lipinski definition) is 0. The fourth-order valence-electron chi connectivity index (χ4n) is 2.78. The number of alkyl halides is 1. The Labute approximate surface area is 134 Å². The molecule has 20 heavy (non-hydrogen) atoms. The van der Waals surface area contributed by atoms with Crippen LogP contribution in [0.4, 0.5) is 0 Å². The second-order valence-electron chi connectivity index (χ2n) is 5.05. The molecule has 6 heteroatoms. The van der Waals surface area contributed by atoms with E-state index in [4.69, 9.17) is 11.6 Å². The molecule has 0 aliphatic heterocycles. The number of rotatable bonds is 5. The van der Waals surface area contributed by atoms with Crippen molar-refractivity contribution in [3.05, 3.63) is 28.2 Å². The average molecular weight is 381 g/mol. The van der Waals surface area contributed by atoms with Gasteiger partial charge in [0.2, 0.25) is 10.0 Å². The molecule has 1 aromatic carbocycles. The lowest BCUT2D eigenvalue weighted by Gasteiger charge is -2.27. The molecule has 0 amide bonds. The molecule has 0 unspecified atom stereocenters. The molecule has 0 radical (unpaired) electrons. The van der Waals surface area contributed by atoms with Crippen LogP contribution in [0.25, 0.3) is 0 Å². The molecular weight excluding hydrogens is 362 g/mol. The highest BCUT2D eigenvalue weighted by molar-refractivity contribution is 9.10. The van der Waals surface area contributed by atoms with Gasteiger partial charge in [-0.25, -0.2) is 8.42 Å². The molecule has 112 valence electrons. The standard InChI is InChI=1S/C14H19BrClNO2S/c1-2-17(12-5-3-4-6-12)20(18,19)14-8-7-11(10-16)9-13(14)15/h7-9,12H,2-6,10H2,1H3. The van der Waals surface area contributed by atoms with Crippen LogP contribution < -0.4 is 0 Å². The number of nitrogens with zero attached hydrogens (tertiary/aromatic N) is 1. The van der Waals surface area contributed by atoms with Crippen molar-refractivity contribution >= 4 is 37.6 Å². The molecule has 0 saturated heterocycles. The van der Waals surface area contributed by atoms with E-state index in [0.717, 1.165) is 31.2 Å². The first-order chi connectivity index (χ1) is 9.50. The van der Waals surface area contributed by atoms with Crippen LogP contribution in [-0.2, 0) is 15.9 Å². The van der Waals surface area contributed by atoms with Crippen LogP contribution in [0, 0.1) is 0 Å². The van der Waals surface area contributed by atoms with Gasteiger partial charge in [0.25, 0.3) is 0 Å². The zero-order valence-corrected chi connectivity index (χ0v) is 14.6. The van der Waals surface area contributed by atoms with E-state index in [-0.39, 0.29) is 6.04 Å². The third-order valence-corrected chi connectivity index (χ3v) is 7.09. The summed E-state index contributed by atoms with van der Waals surface area (Å²) < 4.78 is 27.9.